The van der Waals surface area contributed by atoms with Crippen molar-refractivity contribution in [3.8, 4) is 11.5 Å². The molecule has 4 rings (SSSR count). The Balaban J connectivity index is 0.00000272. The van der Waals surface area contributed by atoms with E-state index in [1.807, 2.05) is 30.3 Å². The van der Waals surface area contributed by atoms with Crippen LogP contribution in [-0.4, -0.2) is 30.9 Å². The summed E-state index contributed by atoms with van der Waals surface area (Å²) in [4.78, 5) is 30.0. The van der Waals surface area contributed by atoms with Gasteiger partial charge in [0.05, 0.1) is 25.2 Å². The van der Waals surface area contributed by atoms with Crippen molar-refractivity contribution in [3.63, 3.8) is 0 Å². The Bertz CT molecular complexity index is 1090. The summed E-state index contributed by atoms with van der Waals surface area (Å²) in [7, 11) is 3.13. The molecule has 0 aliphatic heterocycles. The number of carbonyl (C=O) groups is 2. The molecule has 1 fully saturated rings. The van der Waals surface area contributed by atoms with E-state index in [0.717, 1.165) is 18.4 Å². The molecule has 6 heteroatoms. The SMILES string of the molecule is COc1ccccc1C(=O)c1ccc(NC(=O)C2(c3ccccc3OC)CC2)nc1.[HH]. The van der Waals surface area contributed by atoms with Crippen LogP contribution in [0.1, 0.15) is 35.8 Å². The van der Waals surface area contributed by atoms with E-state index in [2.05, 4.69) is 10.3 Å². The number of carbonyl (C=O) groups excluding carboxylic acids is 2. The van der Waals surface area contributed by atoms with E-state index in [1.165, 1.54) is 13.3 Å². The van der Waals surface area contributed by atoms with Gasteiger partial charge in [-0.2, -0.15) is 0 Å². The highest BCUT2D eigenvalue weighted by Gasteiger charge is 2.52. The van der Waals surface area contributed by atoms with E-state index < -0.39 is 5.41 Å². The van der Waals surface area contributed by atoms with E-state index in [4.69, 9.17) is 9.47 Å². The molecule has 0 spiro atoms. The summed E-state index contributed by atoms with van der Waals surface area (Å²) < 4.78 is 10.7. The zero-order chi connectivity index (χ0) is 21.1. The quantitative estimate of drug-likeness (QED) is 0.596. The first-order chi connectivity index (χ1) is 14.6. The lowest BCUT2D eigenvalue weighted by Crippen LogP contribution is -2.28. The molecule has 1 aliphatic rings. The number of ether oxygens (including phenoxy) is 2. The van der Waals surface area contributed by atoms with Crippen LogP contribution in [0.2, 0.25) is 0 Å². The molecule has 0 radical (unpaired) electrons. The summed E-state index contributed by atoms with van der Waals surface area (Å²) in [5, 5.41) is 2.88. The number of hydrogen-bond donors (Lipinski definition) is 1. The zero-order valence-electron chi connectivity index (χ0n) is 16.8. The van der Waals surface area contributed by atoms with Gasteiger partial charge in [-0.3, -0.25) is 9.59 Å². The summed E-state index contributed by atoms with van der Waals surface area (Å²) in [6.45, 7) is 0. The smallest absolute Gasteiger partial charge is 0.236 e. The van der Waals surface area contributed by atoms with E-state index >= 15 is 0 Å². The third-order valence-electron chi connectivity index (χ3n) is 5.43. The van der Waals surface area contributed by atoms with Crippen LogP contribution in [0, 0.1) is 0 Å². The van der Waals surface area contributed by atoms with Gasteiger partial charge in [0.1, 0.15) is 17.3 Å². The monoisotopic (exact) mass is 404 g/mol. The fourth-order valence-electron chi connectivity index (χ4n) is 3.61. The van der Waals surface area contributed by atoms with Crippen molar-refractivity contribution in [2.75, 3.05) is 19.5 Å². The van der Waals surface area contributed by atoms with Crippen molar-refractivity contribution in [1.82, 2.24) is 4.98 Å². The average Bonchev–Trinajstić information content (AvgIpc) is 3.61. The highest BCUT2D eigenvalue weighted by molar-refractivity contribution is 6.10. The number of benzene rings is 2. The molecule has 3 aromatic rings. The van der Waals surface area contributed by atoms with Gasteiger partial charge in [-0.1, -0.05) is 30.3 Å². The molecule has 1 saturated carbocycles. The van der Waals surface area contributed by atoms with Crippen molar-refractivity contribution < 1.29 is 20.5 Å². The summed E-state index contributed by atoms with van der Waals surface area (Å²) in [6.07, 6.45) is 2.97. The second kappa shape index (κ2) is 7.99. The molecule has 154 valence electrons. The Morgan fingerprint density at radius 1 is 0.933 bits per heavy atom. The molecule has 1 amide bonds. The zero-order valence-corrected chi connectivity index (χ0v) is 16.8. The van der Waals surface area contributed by atoms with Gasteiger partial charge in [0.2, 0.25) is 5.91 Å². The van der Waals surface area contributed by atoms with Crippen LogP contribution >= 0.6 is 0 Å². The third kappa shape index (κ3) is 3.52. The molecule has 6 nitrogen and oxygen atoms in total. The summed E-state index contributed by atoms with van der Waals surface area (Å²) >= 11 is 0. The summed E-state index contributed by atoms with van der Waals surface area (Å²) in [6, 6.07) is 17.9. The van der Waals surface area contributed by atoms with Gasteiger partial charge >= 0.3 is 0 Å². The lowest BCUT2D eigenvalue weighted by atomic mass is 9.94. The van der Waals surface area contributed by atoms with Crippen LogP contribution in [0.4, 0.5) is 5.82 Å². The van der Waals surface area contributed by atoms with Crippen molar-refractivity contribution in [1.29, 1.82) is 0 Å². The Labute approximate surface area is 176 Å². The van der Waals surface area contributed by atoms with Crippen LogP contribution in [-0.2, 0) is 10.2 Å². The van der Waals surface area contributed by atoms with Crippen LogP contribution in [0.15, 0.2) is 66.9 Å². The first kappa shape index (κ1) is 19.6. The molecule has 1 heterocycles. The number of anilines is 1. The predicted octanol–water partition coefficient (Wildman–Crippen LogP) is 4.25. The molecule has 30 heavy (non-hydrogen) atoms. The summed E-state index contributed by atoms with van der Waals surface area (Å²) in [5.74, 6) is 1.30. The number of pyridine rings is 1. The maximum Gasteiger partial charge on any atom is 0.236 e. The average molecular weight is 404 g/mol. The van der Waals surface area contributed by atoms with Crippen molar-refractivity contribution >= 4 is 17.5 Å². The van der Waals surface area contributed by atoms with Gasteiger partial charge in [0, 0.05) is 18.8 Å². The first-order valence-corrected chi connectivity index (χ1v) is 9.68. The number of methoxy groups -OCH3 is 2. The van der Waals surface area contributed by atoms with E-state index in [-0.39, 0.29) is 13.1 Å². The minimum absolute atomic E-state index is 0. The topological polar surface area (TPSA) is 77.5 Å². The predicted molar refractivity (Wildman–Crippen MR) is 115 cm³/mol. The maximum absolute atomic E-state index is 13.0. The van der Waals surface area contributed by atoms with E-state index in [1.54, 1.807) is 37.4 Å². The Hall–Kier alpha value is -3.67. The van der Waals surface area contributed by atoms with Crippen molar-refractivity contribution in [3.05, 3.63) is 83.6 Å². The van der Waals surface area contributed by atoms with Gasteiger partial charge in [0.25, 0.3) is 0 Å². The molecule has 0 unspecified atom stereocenters. The highest BCUT2D eigenvalue weighted by Crippen LogP contribution is 2.51. The second-order valence-electron chi connectivity index (χ2n) is 7.20. The number of para-hydroxylation sites is 2. The van der Waals surface area contributed by atoms with Crippen LogP contribution in [0.5, 0.6) is 11.5 Å². The Morgan fingerprint density at radius 2 is 1.60 bits per heavy atom. The van der Waals surface area contributed by atoms with E-state index in [0.29, 0.717) is 28.4 Å². The largest absolute Gasteiger partial charge is 0.496 e. The fraction of sp³-hybridized carbons (Fsp3) is 0.208. The molecule has 0 saturated heterocycles. The second-order valence-corrected chi connectivity index (χ2v) is 7.20. The van der Waals surface area contributed by atoms with Gasteiger partial charge in [-0.05, 0) is 43.2 Å². The van der Waals surface area contributed by atoms with Crippen molar-refractivity contribution in [2.24, 2.45) is 0 Å². The van der Waals surface area contributed by atoms with Crippen LogP contribution in [0.3, 0.4) is 0 Å². The fourth-order valence-corrected chi connectivity index (χ4v) is 3.61. The lowest BCUT2D eigenvalue weighted by molar-refractivity contribution is -0.118. The van der Waals surface area contributed by atoms with E-state index in [9.17, 15) is 9.59 Å². The molecule has 1 aliphatic carbocycles. The number of hydrogen-bond acceptors (Lipinski definition) is 5. The van der Waals surface area contributed by atoms with Gasteiger partial charge < -0.3 is 14.8 Å². The molecular weight excluding hydrogens is 380 g/mol. The normalized spacial score (nSPS) is 13.9. The summed E-state index contributed by atoms with van der Waals surface area (Å²) in [5.41, 5.74) is 1.17. The minimum Gasteiger partial charge on any atom is -0.496 e. The molecule has 1 N–H and O–H groups in total. The number of ketones is 1. The van der Waals surface area contributed by atoms with Gasteiger partial charge in [0.15, 0.2) is 5.78 Å². The maximum atomic E-state index is 13.0. The number of rotatable bonds is 7. The first-order valence-electron chi connectivity index (χ1n) is 9.68. The number of nitrogens with zero attached hydrogens (tertiary/aromatic N) is 1. The highest BCUT2D eigenvalue weighted by atomic mass is 16.5. The van der Waals surface area contributed by atoms with Crippen LogP contribution in [0.25, 0.3) is 0 Å². The molecular formula is C24H24N2O4. The van der Waals surface area contributed by atoms with Gasteiger partial charge in [-0.15, -0.1) is 0 Å². The van der Waals surface area contributed by atoms with Crippen molar-refractivity contribution in [2.45, 2.75) is 18.3 Å². The molecule has 2 aromatic carbocycles. The van der Waals surface area contributed by atoms with Gasteiger partial charge in [-0.25, -0.2) is 4.98 Å². The number of amides is 1. The Kier molecular flexibility index (Phi) is 5.23. The molecule has 0 bridgehead atoms. The Morgan fingerprint density at radius 3 is 2.23 bits per heavy atom. The molecule has 0 atom stereocenters. The van der Waals surface area contributed by atoms with Crippen LogP contribution < -0.4 is 14.8 Å². The standard InChI is InChI=1S/C24H22N2O4.H2/c1-29-19-9-5-3-7-17(19)22(27)16-11-12-21(25-15-16)26-23(28)24(13-14-24)18-8-4-6-10-20(18)30-2;/h3-12,15H,13-14H2,1-2H3,(H,25,26,28);1H. The minimum atomic E-state index is -0.597. The molecule has 1 aromatic heterocycles. The number of nitrogens with one attached hydrogen (secondary N) is 1. The lowest BCUT2D eigenvalue weighted by Gasteiger charge is -2.18. The third-order valence-corrected chi connectivity index (χ3v) is 5.43. The number of aromatic nitrogens is 1.